The Morgan fingerprint density at radius 3 is 2.52 bits per heavy atom. The molecule has 23 heavy (non-hydrogen) atoms. The summed E-state index contributed by atoms with van der Waals surface area (Å²) in [5.41, 5.74) is 0. The standard InChI is InChI=1S/C16H30N4O2S/c1-3-17-15(19-9-8-18-14(21)13-4-5-13)20-12-16(23-2)6-10-22-11-7-16/h13H,3-12H2,1-2H3,(H,18,21)(H2,17,19,20). The van der Waals surface area contributed by atoms with Crippen LogP contribution < -0.4 is 16.0 Å². The van der Waals surface area contributed by atoms with E-state index in [1.54, 1.807) is 0 Å². The summed E-state index contributed by atoms with van der Waals surface area (Å²) < 4.78 is 5.67. The molecule has 132 valence electrons. The maximum atomic E-state index is 11.6. The van der Waals surface area contributed by atoms with Crippen LogP contribution in [-0.4, -0.2) is 62.3 Å². The molecule has 1 saturated carbocycles. The second-order valence-corrected chi connectivity index (χ2v) is 7.46. The van der Waals surface area contributed by atoms with E-state index in [1.807, 2.05) is 11.8 Å². The number of guanidine groups is 1. The third-order valence-electron chi connectivity index (χ3n) is 4.37. The molecule has 7 heteroatoms. The van der Waals surface area contributed by atoms with Gasteiger partial charge in [0.15, 0.2) is 5.96 Å². The number of ether oxygens (including phenoxy) is 1. The lowest BCUT2D eigenvalue weighted by molar-refractivity contribution is -0.122. The van der Waals surface area contributed by atoms with Crippen LogP contribution in [-0.2, 0) is 9.53 Å². The zero-order valence-corrected chi connectivity index (χ0v) is 15.1. The molecule has 1 aliphatic carbocycles. The third-order valence-corrected chi connectivity index (χ3v) is 5.77. The predicted octanol–water partition coefficient (Wildman–Crippen LogP) is 0.980. The minimum atomic E-state index is 0.192. The summed E-state index contributed by atoms with van der Waals surface area (Å²) in [5.74, 6) is 1.29. The highest BCUT2D eigenvalue weighted by Gasteiger charge is 2.31. The van der Waals surface area contributed by atoms with Gasteiger partial charge in [0, 0.05) is 43.5 Å². The van der Waals surface area contributed by atoms with Crippen molar-refractivity contribution in [2.75, 3.05) is 45.6 Å². The number of carbonyl (C=O) groups excluding carboxylic acids is 1. The van der Waals surface area contributed by atoms with Crippen LogP contribution in [0.15, 0.2) is 4.99 Å². The first-order chi connectivity index (χ1) is 11.2. The van der Waals surface area contributed by atoms with Crippen molar-refractivity contribution in [1.82, 2.24) is 16.0 Å². The summed E-state index contributed by atoms with van der Waals surface area (Å²) >= 11 is 1.90. The Hall–Kier alpha value is -0.950. The van der Waals surface area contributed by atoms with Crippen molar-refractivity contribution in [2.24, 2.45) is 10.9 Å². The number of nitrogens with zero attached hydrogens (tertiary/aromatic N) is 1. The van der Waals surface area contributed by atoms with Gasteiger partial charge in [0.1, 0.15) is 0 Å². The molecule has 1 heterocycles. The van der Waals surface area contributed by atoms with Gasteiger partial charge in [0.2, 0.25) is 5.91 Å². The zero-order valence-electron chi connectivity index (χ0n) is 14.3. The molecule has 0 aromatic rings. The Kier molecular flexibility index (Phi) is 7.49. The van der Waals surface area contributed by atoms with E-state index in [2.05, 4.69) is 29.1 Å². The van der Waals surface area contributed by atoms with Crippen LogP contribution in [0.5, 0.6) is 0 Å². The summed E-state index contributed by atoms with van der Waals surface area (Å²) in [7, 11) is 0. The normalized spacial score (nSPS) is 20.9. The molecule has 0 atom stereocenters. The van der Waals surface area contributed by atoms with Crippen LogP contribution in [0.1, 0.15) is 32.6 Å². The fourth-order valence-electron chi connectivity index (χ4n) is 2.59. The molecule has 0 aromatic carbocycles. The molecule has 0 aromatic heterocycles. The first-order valence-electron chi connectivity index (χ1n) is 8.62. The highest BCUT2D eigenvalue weighted by atomic mass is 32.2. The molecule has 0 radical (unpaired) electrons. The molecule has 6 nitrogen and oxygen atoms in total. The molecule has 3 N–H and O–H groups in total. The lowest BCUT2D eigenvalue weighted by Gasteiger charge is -2.34. The number of thioether (sulfide) groups is 1. The van der Waals surface area contributed by atoms with E-state index < -0.39 is 0 Å². The van der Waals surface area contributed by atoms with Crippen LogP contribution in [0.4, 0.5) is 0 Å². The van der Waals surface area contributed by atoms with Gasteiger partial charge < -0.3 is 20.7 Å². The maximum absolute atomic E-state index is 11.6. The molecule has 0 bridgehead atoms. The highest BCUT2D eigenvalue weighted by molar-refractivity contribution is 8.00. The first-order valence-corrected chi connectivity index (χ1v) is 9.84. The van der Waals surface area contributed by atoms with Gasteiger partial charge in [0.05, 0.1) is 6.54 Å². The number of rotatable bonds is 8. The molecule has 1 amide bonds. The first kappa shape index (κ1) is 18.4. The largest absolute Gasteiger partial charge is 0.381 e. The van der Waals surface area contributed by atoms with E-state index in [4.69, 9.17) is 9.73 Å². The average Bonchev–Trinajstić information content (AvgIpc) is 3.42. The van der Waals surface area contributed by atoms with Crippen molar-refractivity contribution < 1.29 is 9.53 Å². The molecule has 0 unspecified atom stereocenters. The molecule has 2 fully saturated rings. The van der Waals surface area contributed by atoms with Crippen LogP contribution in [0.3, 0.4) is 0 Å². The second-order valence-electron chi connectivity index (χ2n) is 6.19. The lowest BCUT2D eigenvalue weighted by Crippen LogP contribution is -2.43. The van der Waals surface area contributed by atoms with E-state index in [1.165, 1.54) is 0 Å². The van der Waals surface area contributed by atoms with Gasteiger partial charge in [-0.1, -0.05) is 0 Å². The Balaban J connectivity index is 1.75. The lowest BCUT2D eigenvalue weighted by atomic mass is 9.99. The Bertz CT molecular complexity index is 407. The van der Waals surface area contributed by atoms with Crippen molar-refractivity contribution >= 4 is 23.6 Å². The predicted molar refractivity (Wildman–Crippen MR) is 96.0 cm³/mol. The number of hydrogen-bond acceptors (Lipinski definition) is 4. The van der Waals surface area contributed by atoms with E-state index >= 15 is 0 Å². The highest BCUT2D eigenvalue weighted by Crippen LogP contribution is 2.34. The Labute approximate surface area is 143 Å². The van der Waals surface area contributed by atoms with Gasteiger partial charge in [0.25, 0.3) is 0 Å². The average molecular weight is 343 g/mol. The van der Waals surface area contributed by atoms with Crippen molar-refractivity contribution in [3.8, 4) is 0 Å². The quantitative estimate of drug-likeness (QED) is 0.348. The topological polar surface area (TPSA) is 74.8 Å². The van der Waals surface area contributed by atoms with Crippen LogP contribution in [0.2, 0.25) is 0 Å². The summed E-state index contributed by atoms with van der Waals surface area (Å²) in [6.45, 7) is 6.67. The van der Waals surface area contributed by atoms with Gasteiger partial charge >= 0.3 is 0 Å². The van der Waals surface area contributed by atoms with Crippen LogP contribution in [0.25, 0.3) is 0 Å². The fraction of sp³-hybridized carbons (Fsp3) is 0.875. The number of nitrogens with one attached hydrogen (secondary N) is 3. The van der Waals surface area contributed by atoms with E-state index in [-0.39, 0.29) is 16.6 Å². The van der Waals surface area contributed by atoms with Crippen molar-refractivity contribution in [3.63, 3.8) is 0 Å². The SMILES string of the molecule is CCNC(=NCC1(SC)CCOCC1)NCCNC(=O)C1CC1. The number of aliphatic imine (C=N–C) groups is 1. The number of carbonyl (C=O) groups is 1. The Morgan fingerprint density at radius 1 is 1.22 bits per heavy atom. The van der Waals surface area contributed by atoms with E-state index in [0.29, 0.717) is 13.1 Å². The van der Waals surface area contributed by atoms with Gasteiger partial charge in [-0.05, 0) is 38.9 Å². The summed E-state index contributed by atoms with van der Waals surface area (Å²) in [6.07, 6.45) is 6.35. The van der Waals surface area contributed by atoms with E-state index in [0.717, 1.165) is 57.9 Å². The third kappa shape index (κ3) is 6.22. The molecule has 2 rings (SSSR count). The summed E-state index contributed by atoms with van der Waals surface area (Å²) in [4.78, 5) is 16.3. The number of amides is 1. The zero-order chi connectivity index (χ0) is 16.5. The summed E-state index contributed by atoms with van der Waals surface area (Å²) in [6, 6.07) is 0. The van der Waals surface area contributed by atoms with Crippen molar-refractivity contribution in [2.45, 2.75) is 37.4 Å². The molecule has 1 saturated heterocycles. The summed E-state index contributed by atoms with van der Waals surface area (Å²) in [5, 5.41) is 9.53. The molecular weight excluding hydrogens is 312 g/mol. The Morgan fingerprint density at radius 2 is 1.91 bits per heavy atom. The second kappa shape index (κ2) is 9.37. The van der Waals surface area contributed by atoms with Gasteiger partial charge in [-0.25, -0.2) is 0 Å². The smallest absolute Gasteiger partial charge is 0.223 e. The molecule has 1 aliphatic heterocycles. The van der Waals surface area contributed by atoms with Crippen molar-refractivity contribution in [3.05, 3.63) is 0 Å². The van der Waals surface area contributed by atoms with Crippen molar-refractivity contribution in [1.29, 1.82) is 0 Å². The van der Waals surface area contributed by atoms with Crippen LogP contribution in [0, 0.1) is 5.92 Å². The van der Waals surface area contributed by atoms with Crippen LogP contribution >= 0.6 is 11.8 Å². The molecule has 2 aliphatic rings. The van der Waals surface area contributed by atoms with Gasteiger partial charge in [-0.3, -0.25) is 9.79 Å². The minimum absolute atomic E-state index is 0.192. The van der Waals surface area contributed by atoms with E-state index in [9.17, 15) is 4.79 Å². The maximum Gasteiger partial charge on any atom is 0.223 e. The number of hydrogen-bond donors (Lipinski definition) is 3. The molecule has 0 spiro atoms. The van der Waals surface area contributed by atoms with Gasteiger partial charge in [-0.15, -0.1) is 0 Å². The monoisotopic (exact) mass is 342 g/mol. The van der Waals surface area contributed by atoms with Gasteiger partial charge in [-0.2, -0.15) is 11.8 Å². The fourth-order valence-corrected chi connectivity index (χ4v) is 3.36. The minimum Gasteiger partial charge on any atom is -0.381 e. The molecular formula is C16H30N4O2S.